The summed E-state index contributed by atoms with van der Waals surface area (Å²) in [7, 11) is 0. The summed E-state index contributed by atoms with van der Waals surface area (Å²) >= 11 is 2.89. The van der Waals surface area contributed by atoms with Crippen molar-refractivity contribution in [3.8, 4) is 11.3 Å². The molecular weight excluding hydrogens is 426 g/mol. The van der Waals surface area contributed by atoms with Crippen LogP contribution in [0.2, 0.25) is 0 Å². The molecule has 0 atom stereocenters. The quantitative estimate of drug-likeness (QED) is 0.340. The van der Waals surface area contributed by atoms with Crippen molar-refractivity contribution in [2.24, 2.45) is 0 Å². The summed E-state index contributed by atoms with van der Waals surface area (Å²) < 4.78 is 0. The average Bonchev–Trinajstić information content (AvgIpc) is 2.81. The van der Waals surface area contributed by atoms with E-state index in [-0.39, 0.29) is 17.2 Å². The minimum absolute atomic E-state index is 0.0713. The highest BCUT2D eigenvalue weighted by Crippen LogP contribution is 2.48. The molecule has 31 heavy (non-hydrogen) atoms. The van der Waals surface area contributed by atoms with Crippen molar-refractivity contribution >= 4 is 40.8 Å². The van der Waals surface area contributed by atoms with Crippen LogP contribution in [0, 0.1) is 0 Å². The smallest absolute Gasteiger partial charge is 0.252 e. The van der Waals surface area contributed by atoms with E-state index in [0.29, 0.717) is 10.9 Å². The number of amides is 1. The first-order valence-corrected chi connectivity index (χ1v) is 11.5. The molecular formula is C24H17N3O2S2. The van der Waals surface area contributed by atoms with E-state index in [1.807, 2.05) is 78.9 Å². The first-order chi connectivity index (χ1) is 15.2. The fraction of sp³-hybridized carbons (Fsp3) is 0.0417. The maximum Gasteiger partial charge on any atom is 0.252 e. The summed E-state index contributed by atoms with van der Waals surface area (Å²) in [5.74, 6) is 0.0760. The number of aromatic amines is 1. The first-order valence-electron chi connectivity index (χ1n) is 9.67. The average molecular weight is 444 g/mol. The van der Waals surface area contributed by atoms with Crippen LogP contribution in [0.1, 0.15) is 0 Å². The zero-order chi connectivity index (χ0) is 21.2. The number of nitrogens with zero attached hydrogens (tertiary/aromatic N) is 2. The van der Waals surface area contributed by atoms with Crippen LogP contribution in [0.5, 0.6) is 0 Å². The number of fused-ring (bicyclic) bond motifs is 2. The van der Waals surface area contributed by atoms with Gasteiger partial charge in [0.2, 0.25) is 5.91 Å². The highest BCUT2D eigenvalue weighted by molar-refractivity contribution is 8.00. The maximum atomic E-state index is 13.3. The second-order valence-corrected chi connectivity index (χ2v) is 8.90. The van der Waals surface area contributed by atoms with E-state index >= 15 is 0 Å². The minimum atomic E-state index is -0.242. The van der Waals surface area contributed by atoms with Crippen LogP contribution >= 0.6 is 23.5 Å². The third-order valence-electron chi connectivity index (χ3n) is 4.80. The number of para-hydroxylation sites is 2. The van der Waals surface area contributed by atoms with E-state index < -0.39 is 0 Å². The van der Waals surface area contributed by atoms with Crippen LogP contribution in [0.25, 0.3) is 11.3 Å². The van der Waals surface area contributed by atoms with Crippen molar-refractivity contribution in [3.63, 3.8) is 0 Å². The Morgan fingerprint density at radius 3 is 2.19 bits per heavy atom. The van der Waals surface area contributed by atoms with Crippen molar-refractivity contribution in [1.29, 1.82) is 0 Å². The predicted octanol–water partition coefficient (Wildman–Crippen LogP) is 5.36. The van der Waals surface area contributed by atoms with Crippen LogP contribution in [0.15, 0.2) is 105 Å². The highest BCUT2D eigenvalue weighted by Gasteiger charge is 2.27. The number of nitrogens with one attached hydrogen (secondary N) is 1. The van der Waals surface area contributed by atoms with Crippen molar-refractivity contribution in [3.05, 3.63) is 95.3 Å². The highest BCUT2D eigenvalue weighted by atomic mass is 32.2. The summed E-state index contributed by atoms with van der Waals surface area (Å²) in [6.45, 7) is 0. The second kappa shape index (κ2) is 8.45. The van der Waals surface area contributed by atoms with Gasteiger partial charge in [0.15, 0.2) is 5.16 Å². The minimum Gasteiger partial charge on any atom is -0.301 e. The van der Waals surface area contributed by atoms with Gasteiger partial charge in [0.05, 0.1) is 22.8 Å². The van der Waals surface area contributed by atoms with E-state index in [1.165, 1.54) is 17.8 Å². The molecule has 0 saturated heterocycles. The molecule has 0 fully saturated rings. The Balaban J connectivity index is 1.42. The largest absolute Gasteiger partial charge is 0.301 e. The number of carbonyl (C=O) groups is 1. The molecule has 5 rings (SSSR count). The van der Waals surface area contributed by atoms with Gasteiger partial charge < -0.3 is 4.98 Å². The van der Waals surface area contributed by atoms with Gasteiger partial charge >= 0.3 is 0 Å². The Hall–Kier alpha value is -3.29. The van der Waals surface area contributed by atoms with Gasteiger partial charge in [-0.1, -0.05) is 78.1 Å². The standard InChI is InChI=1S/C24H17N3O2S2/c28-22-14-17(16-8-2-1-3-9-16)25-24(26-22)30-15-23(29)27-18-10-4-6-12-20(18)31-21-13-7-5-11-19(21)27/h1-14H,15H2,(H,25,26,28). The van der Waals surface area contributed by atoms with Crippen LogP contribution in [0.4, 0.5) is 11.4 Å². The molecule has 1 N–H and O–H groups in total. The lowest BCUT2D eigenvalue weighted by atomic mass is 10.1. The molecule has 4 aromatic rings. The predicted molar refractivity (Wildman–Crippen MR) is 125 cm³/mol. The number of H-pyrrole nitrogens is 1. The zero-order valence-electron chi connectivity index (χ0n) is 16.3. The Morgan fingerprint density at radius 2 is 1.52 bits per heavy atom. The lowest BCUT2D eigenvalue weighted by molar-refractivity contribution is -0.115. The summed E-state index contributed by atoms with van der Waals surface area (Å²) in [5, 5.41) is 0.424. The molecule has 0 spiro atoms. The van der Waals surface area contributed by atoms with E-state index in [4.69, 9.17) is 0 Å². The third-order valence-corrected chi connectivity index (χ3v) is 6.79. The fourth-order valence-corrected chi connectivity index (χ4v) is 5.21. The van der Waals surface area contributed by atoms with E-state index in [9.17, 15) is 9.59 Å². The molecule has 0 saturated carbocycles. The summed E-state index contributed by atoms with van der Waals surface area (Å²) in [4.78, 5) is 36.6. The number of aromatic nitrogens is 2. The summed E-state index contributed by atoms with van der Waals surface area (Å²) in [5.41, 5.74) is 2.95. The molecule has 0 radical (unpaired) electrons. The van der Waals surface area contributed by atoms with E-state index in [0.717, 1.165) is 26.7 Å². The topological polar surface area (TPSA) is 66.1 Å². The van der Waals surface area contributed by atoms with Gasteiger partial charge in [-0.05, 0) is 24.3 Å². The molecule has 2 heterocycles. The second-order valence-electron chi connectivity index (χ2n) is 6.86. The van der Waals surface area contributed by atoms with Gasteiger partial charge in [0.1, 0.15) is 0 Å². The molecule has 1 amide bonds. The molecule has 0 aliphatic carbocycles. The van der Waals surface area contributed by atoms with Crippen molar-refractivity contribution in [2.75, 3.05) is 10.7 Å². The van der Waals surface area contributed by atoms with Gasteiger partial charge in [0, 0.05) is 21.4 Å². The summed E-state index contributed by atoms with van der Waals surface area (Å²) in [6.07, 6.45) is 0. The first kappa shape index (κ1) is 19.7. The van der Waals surface area contributed by atoms with Crippen LogP contribution in [0.3, 0.4) is 0 Å². The number of rotatable bonds is 4. The number of anilines is 2. The van der Waals surface area contributed by atoms with Crippen molar-refractivity contribution in [2.45, 2.75) is 14.9 Å². The zero-order valence-corrected chi connectivity index (χ0v) is 18.0. The Kier molecular flexibility index (Phi) is 5.36. The third kappa shape index (κ3) is 4.02. The van der Waals surface area contributed by atoms with Gasteiger partial charge in [-0.25, -0.2) is 4.98 Å². The Morgan fingerprint density at radius 1 is 0.903 bits per heavy atom. The van der Waals surface area contributed by atoms with Gasteiger partial charge in [-0.2, -0.15) is 0 Å². The fourth-order valence-electron chi connectivity index (χ4n) is 3.43. The van der Waals surface area contributed by atoms with Crippen molar-refractivity contribution in [1.82, 2.24) is 9.97 Å². The van der Waals surface area contributed by atoms with E-state index in [1.54, 1.807) is 16.7 Å². The normalized spacial score (nSPS) is 12.2. The number of benzene rings is 3. The molecule has 3 aromatic carbocycles. The summed E-state index contributed by atoms with van der Waals surface area (Å²) in [6, 6.07) is 26.8. The molecule has 1 aliphatic rings. The molecule has 0 unspecified atom stereocenters. The Labute approximate surface area is 187 Å². The molecule has 152 valence electrons. The van der Waals surface area contributed by atoms with Gasteiger partial charge in [-0.15, -0.1) is 0 Å². The molecule has 0 bridgehead atoms. The lowest BCUT2D eigenvalue weighted by Crippen LogP contribution is -2.30. The molecule has 1 aliphatic heterocycles. The van der Waals surface area contributed by atoms with Crippen LogP contribution in [-0.4, -0.2) is 21.6 Å². The Bertz CT molecular complexity index is 1280. The molecule has 5 nitrogen and oxygen atoms in total. The monoisotopic (exact) mass is 443 g/mol. The number of hydrogen-bond donors (Lipinski definition) is 1. The van der Waals surface area contributed by atoms with Gasteiger partial charge in [-0.3, -0.25) is 14.5 Å². The van der Waals surface area contributed by atoms with E-state index in [2.05, 4.69) is 9.97 Å². The maximum absolute atomic E-state index is 13.3. The number of hydrogen-bond acceptors (Lipinski definition) is 5. The molecule has 1 aromatic heterocycles. The number of carbonyl (C=O) groups excluding carboxylic acids is 1. The van der Waals surface area contributed by atoms with Crippen LogP contribution < -0.4 is 10.5 Å². The van der Waals surface area contributed by atoms with Crippen LogP contribution in [-0.2, 0) is 4.79 Å². The van der Waals surface area contributed by atoms with Gasteiger partial charge in [0.25, 0.3) is 5.56 Å². The lowest BCUT2D eigenvalue weighted by Gasteiger charge is -2.30. The SMILES string of the molecule is O=C(CSc1nc(-c2ccccc2)cc(=O)[nH]1)N1c2ccccc2Sc2ccccc21. The molecule has 7 heteroatoms. The van der Waals surface area contributed by atoms with Crippen molar-refractivity contribution < 1.29 is 4.79 Å². The number of thioether (sulfide) groups is 1.